The van der Waals surface area contributed by atoms with Gasteiger partial charge in [0.1, 0.15) is 0 Å². The van der Waals surface area contributed by atoms with Gasteiger partial charge in [0.15, 0.2) is 0 Å². The van der Waals surface area contributed by atoms with Gasteiger partial charge in [0.25, 0.3) is 5.91 Å². The minimum Gasteiger partial charge on any atom is -0.303 e. The van der Waals surface area contributed by atoms with Crippen LogP contribution >= 0.6 is 0 Å². The van der Waals surface area contributed by atoms with Gasteiger partial charge < -0.3 is 4.90 Å². The van der Waals surface area contributed by atoms with Crippen LogP contribution in [0.5, 0.6) is 0 Å². The van der Waals surface area contributed by atoms with Crippen LogP contribution in [-0.2, 0) is 9.63 Å². The van der Waals surface area contributed by atoms with Gasteiger partial charge >= 0.3 is 0 Å². The Balaban J connectivity index is 2.10. The lowest BCUT2D eigenvalue weighted by Gasteiger charge is -2.47. The molecule has 0 N–H and O–H groups in total. The van der Waals surface area contributed by atoms with E-state index < -0.39 is 0 Å². The summed E-state index contributed by atoms with van der Waals surface area (Å²) >= 11 is 0. The number of hydrogen-bond donors (Lipinski definition) is 0. The van der Waals surface area contributed by atoms with E-state index in [0.717, 1.165) is 38.9 Å². The molecule has 0 radical (unpaired) electrons. The summed E-state index contributed by atoms with van der Waals surface area (Å²) in [6, 6.07) is 0. The molecule has 1 amide bonds. The Morgan fingerprint density at radius 1 is 1.29 bits per heavy atom. The molecule has 4 nitrogen and oxygen atoms in total. The second-order valence-corrected chi connectivity index (χ2v) is 4.36. The summed E-state index contributed by atoms with van der Waals surface area (Å²) in [5.41, 5.74) is -0.112. The van der Waals surface area contributed by atoms with E-state index in [9.17, 15) is 4.79 Å². The fraction of sp³-hybridized carbons (Fsp3) is 0.900. The number of carbonyl (C=O) groups is 1. The highest BCUT2D eigenvalue weighted by Gasteiger charge is 2.46. The molecule has 0 unspecified atom stereocenters. The number of carbonyl (C=O) groups excluding carboxylic acids is 1. The Hall–Kier alpha value is -0.610. The van der Waals surface area contributed by atoms with E-state index in [2.05, 4.69) is 4.90 Å². The monoisotopic (exact) mass is 198 g/mol. The molecule has 0 aromatic heterocycles. The minimum atomic E-state index is -0.112. The van der Waals surface area contributed by atoms with Gasteiger partial charge in [0, 0.05) is 7.05 Å². The maximum atomic E-state index is 12.1. The molecule has 3 rings (SSSR count). The largest absolute Gasteiger partial charge is 0.303 e. The summed E-state index contributed by atoms with van der Waals surface area (Å²) in [6.07, 6.45) is 3.00. The van der Waals surface area contributed by atoms with E-state index in [4.69, 9.17) is 4.84 Å². The third kappa shape index (κ3) is 1.42. The molecule has 0 saturated carbocycles. The van der Waals surface area contributed by atoms with Gasteiger partial charge in [-0.25, -0.2) is 5.06 Å². The second kappa shape index (κ2) is 3.51. The first-order valence-electron chi connectivity index (χ1n) is 5.23. The van der Waals surface area contributed by atoms with E-state index in [0.29, 0.717) is 0 Å². The van der Waals surface area contributed by atoms with Crippen LogP contribution in [0.2, 0.25) is 0 Å². The molecule has 80 valence electrons. The molecule has 3 heterocycles. The summed E-state index contributed by atoms with van der Waals surface area (Å²) in [7, 11) is 3.25. The van der Waals surface area contributed by atoms with E-state index in [1.54, 1.807) is 14.2 Å². The number of fused-ring (bicyclic) bond motifs is 3. The van der Waals surface area contributed by atoms with E-state index >= 15 is 0 Å². The topological polar surface area (TPSA) is 32.8 Å². The molecule has 0 spiro atoms. The van der Waals surface area contributed by atoms with Crippen LogP contribution in [0.3, 0.4) is 0 Å². The van der Waals surface area contributed by atoms with E-state index in [-0.39, 0.29) is 11.3 Å². The molecule has 14 heavy (non-hydrogen) atoms. The van der Waals surface area contributed by atoms with Gasteiger partial charge in [0.2, 0.25) is 0 Å². The first-order chi connectivity index (χ1) is 6.68. The van der Waals surface area contributed by atoms with Crippen molar-refractivity contribution in [2.75, 3.05) is 33.8 Å². The Morgan fingerprint density at radius 3 is 2.21 bits per heavy atom. The normalized spacial score (nSPS) is 35.7. The van der Waals surface area contributed by atoms with E-state index in [1.807, 2.05) is 0 Å². The lowest BCUT2D eigenvalue weighted by atomic mass is 9.71. The molecular formula is C10H18N2O2. The van der Waals surface area contributed by atoms with Crippen LogP contribution in [0.15, 0.2) is 0 Å². The van der Waals surface area contributed by atoms with Gasteiger partial charge in [0.05, 0.1) is 12.5 Å². The van der Waals surface area contributed by atoms with Gasteiger partial charge in [-0.1, -0.05) is 0 Å². The van der Waals surface area contributed by atoms with Crippen LogP contribution < -0.4 is 0 Å². The number of nitrogens with zero attached hydrogens (tertiary/aromatic N) is 2. The third-order valence-electron chi connectivity index (χ3n) is 3.73. The van der Waals surface area contributed by atoms with Gasteiger partial charge in [-0.05, 0) is 38.9 Å². The van der Waals surface area contributed by atoms with Crippen LogP contribution in [0.4, 0.5) is 0 Å². The Bertz CT molecular complexity index is 221. The van der Waals surface area contributed by atoms with Gasteiger partial charge in [-0.3, -0.25) is 9.63 Å². The smallest absolute Gasteiger partial charge is 0.252 e. The van der Waals surface area contributed by atoms with E-state index in [1.165, 1.54) is 5.06 Å². The minimum absolute atomic E-state index is 0.112. The summed E-state index contributed by atoms with van der Waals surface area (Å²) < 4.78 is 0. The summed E-state index contributed by atoms with van der Waals surface area (Å²) in [6.45, 7) is 3.22. The zero-order valence-corrected chi connectivity index (χ0v) is 8.95. The molecule has 4 heteroatoms. The van der Waals surface area contributed by atoms with Crippen LogP contribution in [0.25, 0.3) is 0 Å². The number of amides is 1. The van der Waals surface area contributed by atoms with Crippen molar-refractivity contribution in [3.05, 3.63) is 0 Å². The zero-order valence-electron chi connectivity index (χ0n) is 8.95. The average Bonchev–Trinajstić information content (AvgIpc) is 2.29. The SMILES string of the molecule is CON(C)C(=O)C12CCN(CC1)CC2. The fourth-order valence-electron chi connectivity index (χ4n) is 2.56. The molecule has 0 aliphatic carbocycles. The molecule has 3 aliphatic heterocycles. The first kappa shape index (κ1) is 9.93. The predicted molar refractivity (Wildman–Crippen MR) is 52.5 cm³/mol. The number of hydrogen-bond acceptors (Lipinski definition) is 3. The number of piperidine rings is 3. The zero-order chi connectivity index (χ0) is 10.2. The van der Waals surface area contributed by atoms with Gasteiger partial charge in [-0.2, -0.15) is 0 Å². The second-order valence-electron chi connectivity index (χ2n) is 4.36. The summed E-state index contributed by atoms with van der Waals surface area (Å²) in [5.74, 6) is 0.166. The molecule has 2 bridgehead atoms. The van der Waals surface area contributed by atoms with Crippen molar-refractivity contribution in [1.82, 2.24) is 9.96 Å². The van der Waals surface area contributed by atoms with Crippen molar-refractivity contribution in [2.24, 2.45) is 5.41 Å². The maximum absolute atomic E-state index is 12.1. The predicted octanol–water partition coefficient (Wildman–Crippen LogP) is 0.492. The molecule has 0 aromatic rings. The maximum Gasteiger partial charge on any atom is 0.252 e. The molecule has 3 aliphatic rings. The highest BCUT2D eigenvalue weighted by Crippen LogP contribution is 2.41. The van der Waals surface area contributed by atoms with Crippen LogP contribution in [0.1, 0.15) is 19.3 Å². The van der Waals surface area contributed by atoms with Crippen molar-refractivity contribution >= 4 is 5.91 Å². The Morgan fingerprint density at radius 2 is 1.79 bits per heavy atom. The fourth-order valence-corrected chi connectivity index (χ4v) is 2.56. The number of rotatable bonds is 2. The highest BCUT2D eigenvalue weighted by atomic mass is 16.7. The van der Waals surface area contributed by atoms with Crippen molar-refractivity contribution < 1.29 is 9.63 Å². The van der Waals surface area contributed by atoms with Crippen molar-refractivity contribution in [2.45, 2.75) is 19.3 Å². The molecule has 3 saturated heterocycles. The van der Waals surface area contributed by atoms with Crippen LogP contribution in [0, 0.1) is 5.41 Å². The van der Waals surface area contributed by atoms with Crippen molar-refractivity contribution in [3.63, 3.8) is 0 Å². The summed E-state index contributed by atoms with van der Waals surface area (Å²) in [5, 5.41) is 1.39. The Labute approximate surface area is 84.8 Å². The van der Waals surface area contributed by atoms with Crippen LogP contribution in [-0.4, -0.2) is 49.7 Å². The standard InChI is InChI=1S/C10H18N2O2/c1-11(14-2)9(13)10-3-6-12(7-4-10)8-5-10/h3-8H2,1-2H3. The quantitative estimate of drug-likeness (QED) is 0.605. The number of hydroxylamine groups is 2. The summed E-state index contributed by atoms with van der Waals surface area (Å²) in [4.78, 5) is 19.5. The van der Waals surface area contributed by atoms with Crippen molar-refractivity contribution in [1.29, 1.82) is 0 Å². The van der Waals surface area contributed by atoms with Crippen molar-refractivity contribution in [3.8, 4) is 0 Å². The highest BCUT2D eigenvalue weighted by molar-refractivity contribution is 5.82. The molecule has 0 aromatic carbocycles. The molecule has 3 fully saturated rings. The molecule has 0 atom stereocenters. The Kier molecular flexibility index (Phi) is 2.49. The average molecular weight is 198 g/mol. The third-order valence-corrected chi connectivity index (χ3v) is 3.73. The first-order valence-corrected chi connectivity index (χ1v) is 5.23. The lowest BCUT2D eigenvalue weighted by Crippen LogP contribution is -2.55. The lowest BCUT2D eigenvalue weighted by molar-refractivity contribution is -0.187. The molecular weight excluding hydrogens is 180 g/mol. The van der Waals surface area contributed by atoms with Gasteiger partial charge in [-0.15, -0.1) is 0 Å².